The van der Waals surface area contributed by atoms with Gasteiger partial charge in [0.1, 0.15) is 0 Å². The summed E-state index contributed by atoms with van der Waals surface area (Å²) in [6.07, 6.45) is 0. The molecule has 162 valence electrons. The maximum absolute atomic E-state index is 13.4. The van der Waals surface area contributed by atoms with Crippen LogP contribution < -0.4 is 15.8 Å². The van der Waals surface area contributed by atoms with Gasteiger partial charge in [0.15, 0.2) is 0 Å². The Kier molecular flexibility index (Phi) is 4.91. The molecule has 7 nitrogen and oxygen atoms in total. The van der Waals surface area contributed by atoms with Gasteiger partial charge in [0, 0.05) is 18.3 Å². The van der Waals surface area contributed by atoms with Crippen molar-refractivity contribution in [2.24, 2.45) is 7.05 Å². The standard InChI is InChI=1S/C22H22F2N4O3/c1-12-8-15(13(2)25-17-7-5-4-6-14(17)20(30)31)18-16(9-12)19(29)27(3)21(26-18)28-10-22(23,24)11-28/h4-9,13,25H,10-11H2,1-3H3,(H,30,31). The molecule has 1 fully saturated rings. The van der Waals surface area contributed by atoms with Crippen molar-refractivity contribution in [3.05, 3.63) is 63.4 Å². The van der Waals surface area contributed by atoms with Crippen LogP contribution >= 0.6 is 0 Å². The highest BCUT2D eigenvalue weighted by atomic mass is 19.3. The Balaban J connectivity index is 1.81. The average Bonchev–Trinajstić information content (AvgIpc) is 2.69. The summed E-state index contributed by atoms with van der Waals surface area (Å²) in [5, 5.41) is 13.0. The van der Waals surface area contributed by atoms with Crippen molar-refractivity contribution in [2.75, 3.05) is 23.3 Å². The van der Waals surface area contributed by atoms with Crippen LogP contribution in [0.4, 0.5) is 20.4 Å². The van der Waals surface area contributed by atoms with E-state index in [0.717, 1.165) is 5.56 Å². The van der Waals surface area contributed by atoms with Crippen LogP contribution in [0.5, 0.6) is 0 Å². The van der Waals surface area contributed by atoms with Gasteiger partial charge >= 0.3 is 5.97 Å². The number of aryl methyl sites for hydroxylation is 1. The van der Waals surface area contributed by atoms with E-state index in [9.17, 15) is 23.5 Å². The van der Waals surface area contributed by atoms with Crippen LogP contribution in [0, 0.1) is 6.92 Å². The average molecular weight is 428 g/mol. The van der Waals surface area contributed by atoms with Crippen molar-refractivity contribution in [3.63, 3.8) is 0 Å². The normalized spacial score (nSPS) is 16.1. The van der Waals surface area contributed by atoms with Gasteiger partial charge in [-0.2, -0.15) is 0 Å². The third-order valence-electron chi connectivity index (χ3n) is 5.45. The van der Waals surface area contributed by atoms with Gasteiger partial charge < -0.3 is 15.3 Å². The minimum Gasteiger partial charge on any atom is -0.478 e. The van der Waals surface area contributed by atoms with E-state index < -0.39 is 31.0 Å². The zero-order valence-corrected chi connectivity index (χ0v) is 17.3. The maximum Gasteiger partial charge on any atom is 0.337 e. The molecule has 1 aliphatic heterocycles. The van der Waals surface area contributed by atoms with Crippen LogP contribution in [0.25, 0.3) is 10.9 Å². The molecule has 0 saturated carbocycles. The Labute approximate surface area is 176 Å². The molecule has 1 unspecified atom stereocenters. The SMILES string of the molecule is Cc1cc(C(C)Nc2ccccc2C(=O)O)c2nc(N3CC(F)(F)C3)n(C)c(=O)c2c1. The number of carboxylic acid groups (broad SMARTS) is 1. The number of para-hydroxylation sites is 1. The molecule has 1 aliphatic rings. The molecule has 9 heteroatoms. The molecular formula is C22H22F2N4O3. The summed E-state index contributed by atoms with van der Waals surface area (Å²) in [4.78, 5) is 30.5. The first kappa shape index (κ1) is 20.8. The number of benzene rings is 2. The summed E-state index contributed by atoms with van der Waals surface area (Å²) in [7, 11) is 1.52. The number of alkyl halides is 2. The van der Waals surface area contributed by atoms with E-state index >= 15 is 0 Å². The fourth-order valence-electron chi connectivity index (χ4n) is 3.91. The first-order chi connectivity index (χ1) is 14.6. The molecule has 0 spiro atoms. The van der Waals surface area contributed by atoms with Gasteiger partial charge in [0.2, 0.25) is 5.95 Å². The number of halogens is 2. The molecule has 3 aromatic rings. The molecule has 1 aromatic heterocycles. The number of carboxylic acids is 1. The van der Waals surface area contributed by atoms with Crippen molar-refractivity contribution < 1.29 is 18.7 Å². The highest BCUT2D eigenvalue weighted by Gasteiger charge is 2.45. The molecule has 2 aromatic carbocycles. The summed E-state index contributed by atoms with van der Waals surface area (Å²) in [5.41, 5.74) is 2.17. The first-order valence-electron chi connectivity index (χ1n) is 9.80. The molecule has 0 amide bonds. The van der Waals surface area contributed by atoms with Gasteiger partial charge in [0.25, 0.3) is 11.5 Å². The van der Waals surface area contributed by atoms with Gasteiger partial charge in [-0.3, -0.25) is 9.36 Å². The molecule has 0 bridgehead atoms. The van der Waals surface area contributed by atoms with E-state index in [4.69, 9.17) is 0 Å². The minimum atomic E-state index is -2.79. The van der Waals surface area contributed by atoms with Crippen LogP contribution in [-0.4, -0.2) is 39.6 Å². The number of anilines is 2. The summed E-state index contributed by atoms with van der Waals surface area (Å²) < 4.78 is 28.1. The molecule has 31 heavy (non-hydrogen) atoms. The highest BCUT2D eigenvalue weighted by molar-refractivity contribution is 5.94. The zero-order valence-electron chi connectivity index (χ0n) is 17.3. The number of rotatable bonds is 5. The molecule has 2 heterocycles. The van der Waals surface area contributed by atoms with E-state index in [2.05, 4.69) is 10.3 Å². The molecule has 2 N–H and O–H groups in total. The predicted octanol–water partition coefficient (Wildman–Crippen LogP) is 3.57. The molecule has 0 radical (unpaired) electrons. The van der Waals surface area contributed by atoms with Crippen molar-refractivity contribution >= 4 is 28.5 Å². The largest absolute Gasteiger partial charge is 0.478 e. The third-order valence-corrected chi connectivity index (χ3v) is 5.45. The zero-order chi connectivity index (χ0) is 22.5. The number of aromatic carboxylic acids is 1. The van der Waals surface area contributed by atoms with E-state index in [-0.39, 0.29) is 17.1 Å². The van der Waals surface area contributed by atoms with Crippen LogP contribution in [0.15, 0.2) is 41.2 Å². The summed E-state index contributed by atoms with van der Waals surface area (Å²) in [6.45, 7) is 2.72. The quantitative estimate of drug-likeness (QED) is 0.646. The predicted molar refractivity (Wildman–Crippen MR) is 114 cm³/mol. The fraction of sp³-hybridized carbons (Fsp3) is 0.318. The Morgan fingerprint density at radius 2 is 1.94 bits per heavy atom. The lowest BCUT2D eigenvalue weighted by atomic mass is 10.0. The highest BCUT2D eigenvalue weighted by Crippen LogP contribution is 2.32. The number of nitrogens with one attached hydrogen (secondary N) is 1. The minimum absolute atomic E-state index is 0.124. The summed E-state index contributed by atoms with van der Waals surface area (Å²) in [6, 6.07) is 9.73. The lowest BCUT2D eigenvalue weighted by Crippen LogP contribution is -2.57. The van der Waals surface area contributed by atoms with E-state index in [1.54, 1.807) is 24.3 Å². The van der Waals surface area contributed by atoms with Crippen LogP contribution in [0.3, 0.4) is 0 Å². The molecular weight excluding hydrogens is 406 g/mol. The lowest BCUT2D eigenvalue weighted by molar-refractivity contribution is -0.0275. The fourth-order valence-corrected chi connectivity index (χ4v) is 3.91. The Morgan fingerprint density at radius 3 is 2.58 bits per heavy atom. The molecule has 4 rings (SSSR count). The van der Waals surface area contributed by atoms with Crippen molar-refractivity contribution in [2.45, 2.75) is 25.8 Å². The van der Waals surface area contributed by atoms with Crippen LogP contribution in [0.1, 0.15) is 34.5 Å². The molecule has 0 aliphatic carbocycles. The maximum atomic E-state index is 13.4. The second-order valence-corrected chi connectivity index (χ2v) is 7.96. The number of hydrogen-bond acceptors (Lipinski definition) is 5. The van der Waals surface area contributed by atoms with Gasteiger partial charge in [-0.25, -0.2) is 18.6 Å². The van der Waals surface area contributed by atoms with E-state index in [1.807, 2.05) is 19.9 Å². The van der Waals surface area contributed by atoms with Gasteiger partial charge in [0.05, 0.1) is 35.6 Å². The molecule has 1 atom stereocenters. The first-order valence-corrected chi connectivity index (χ1v) is 9.80. The Morgan fingerprint density at radius 1 is 1.26 bits per heavy atom. The smallest absolute Gasteiger partial charge is 0.337 e. The molecule has 1 saturated heterocycles. The number of nitrogens with zero attached hydrogens (tertiary/aromatic N) is 3. The van der Waals surface area contributed by atoms with Gasteiger partial charge in [-0.15, -0.1) is 0 Å². The third kappa shape index (κ3) is 3.71. The summed E-state index contributed by atoms with van der Waals surface area (Å²) in [5.74, 6) is -3.66. The van der Waals surface area contributed by atoms with Crippen LogP contribution in [-0.2, 0) is 7.05 Å². The summed E-state index contributed by atoms with van der Waals surface area (Å²) >= 11 is 0. The van der Waals surface area contributed by atoms with E-state index in [0.29, 0.717) is 22.2 Å². The second-order valence-electron chi connectivity index (χ2n) is 7.96. The topological polar surface area (TPSA) is 87.5 Å². The van der Waals surface area contributed by atoms with Gasteiger partial charge in [-0.1, -0.05) is 18.2 Å². The van der Waals surface area contributed by atoms with Crippen molar-refractivity contribution in [1.82, 2.24) is 9.55 Å². The van der Waals surface area contributed by atoms with Crippen molar-refractivity contribution in [1.29, 1.82) is 0 Å². The second kappa shape index (κ2) is 7.33. The van der Waals surface area contributed by atoms with Crippen LogP contribution in [0.2, 0.25) is 0 Å². The lowest BCUT2D eigenvalue weighted by Gasteiger charge is -2.40. The Hall–Kier alpha value is -3.49. The monoisotopic (exact) mass is 428 g/mol. The Bertz CT molecular complexity index is 1250. The van der Waals surface area contributed by atoms with Crippen molar-refractivity contribution in [3.8, 4) is 0 Å². The van der Waals surface area contributed by atoms with Gasteiger partial charge in [-0.05, 0) is 37.6 Å². The number of aromatic nitrogens is 2. The number of hydrogen-bond donors (Lipinski definition) is 2. The van der Waals surface area contributed by atoms with E-state index in [1.165, 1.54) is 22.6 Å². The number of fused-ring (bicyclic) bond motifs is 1. The number of carbonyl (C=O) groups is 1.